The number of benzene rings is 1. The Morgan fingerprint density at radius 3 is 2.79 bits per heavy atom. The van der Waals surface area contributed by atoms with Gasteiger partial charge in [-0.05, 0) is 18.4 Å². The van der Waals surface area contributed by atoms with Gasteiger partial charge in [-0.1, -0.05) is 37.3 Å². The SMILES string of the molecule is CCc1[nH]nc(N2CCC(N)C2)c1-c1ccccc1. The number of rotatable bonds is 3. The molecule has 1 fully saturated rings. The second-order valence-corrected chi connectivity index (χ2v) is 5.12. The van der Waals surface area contributed by atoms with Crippen LogP contribution < -0.4 is 10.6 Å². The first-order chi connectivity index (χ1) is 9.29. The zero-order valence-electron chi connectivity index (χ0n) is 11.3. The van der Waals surface area contributed by atoms with Crippen LogP contribution in [0, 0.1) is 0 Å². The van der Waals surface area contributed by atoms with E-state index >= 15 is 0 Å². The van der Waals surface area contributed by atoms with E-state index < -0.39 is 0 Å². The van der Waals surface area contributed by atoms with Crippen LogP contribution in [0.15, 0.2) is 30.3 Å². The normalized spacial score (nSPS) is 19.1. The molecule has 2 heterocycles. The molecule has 0 amide bonds. The average Bonchev–Trinajstić information content (AvgIpc) is 3.05. The maximum Gasteiger partial charge on any atom is 0.158 e. The van der Waals surface area contributed by atoms with Gasteiger partial charge in [-0.15, -0.1) is 0 Å². The molecule has 0 bridgehead atoms. The van der Waals surface area contributed by atoms with E-state index in [1.54, 1.807) is 0 Å². The van der Waals surface area contributed by atoms with Gasteiger partial charge in [0.15, 0.2) is 5.82 Å². The number of nitrogens with one attached hydrogen (secondary N) is 1. The zero-order valence-corrected chi connectivity index (χ0v) is 11.3. The van der Waals surface area contributed by atoms with E-state index in [4.69, 9.17) is 5.73 Å². The van der Waals surface area contributed by atoms with Gasteiger partial charge in [0.05, 0.1) is 0 Å². The van der Waals surface area contributed by atoms with E-state index in [0.717, 1.165) is 31.7 Å². The predicted octanol–water partition coefficient (Wildman–Crippen LogP) is 2.18. The molecule has 0 saturated carbocycles. The van der Waals surface area contributed by atoms with E-state index in [9.17, 15) is 0 Å². The summed E-state index contributed by atoms with van der Waals surface area (Å²) in [5.74, 6) is 1.05. The summed E-state index contributed by atoms with van der Waals surface area (Å²) in [6.45, 7) is 4.04. The number of aryl methyl sites for hydroxylation is 1. The van der Waals surface area contributed by atoms with Crippen LogP contribution >= 0.6 is 0 Å². The molecule has 19 heavy (non-hydrogen) atoms. The van der Waals surface area contributed by atoms with Gasteiger partial charge in [0.1, 0.15) is 0 Å². The molecule has 2 aromatic rings. The third-order valence-corrected chi connectivity index (χ3v) is 3.76. The maximum absolute atomic E-state index is 6.01. The number of H-pyrrole nitrogens is 1. The Balaban J connectivity index is 2.04. The zero-order chi connectivity index (χ0) is 13.2. The van der Waals surface area contributed by atoms with Gasteiger partial charge in [-0.25, -0.2) is 0 Å². The molecule has 0 radical (unpaired) electrons. The van der Waals surface area contributed by atoms with Crippen LogP contribution in [0.5, 0.6) is 0 Å². The molecule has 3 N–H and O–H groups in total. The second kappa shape index (κ2) is 5.05. The second-order valence-electron chi connectivity index (χ2n) is 5.12. The fourth-order valence-electron chi connectivity index (χ4n) is 2.74. The van der Waals surface area contributed by atoms with E-state index in [1.165, 1.54) is 16.8 Å². The van der Waals surface area contributed by atoms with Crippen LogP contribution in [0.2, 0.25) is 0 Å². The smallest absolute Gasteiger partial charge is 0.158 e. The highest BCUT2D eigenvalue weighted by atomic mass is 15.3. The Morgan fingerprint density at radius 1 is 1.37 bits per heavy atom. The van der Waals surface area contributed by atoms with Gasteiger partial charge < -0.3 is 10.6 Å². The van der Waals surface area contributed by atoms with Crippen molar-refractivity contribution < 1.29 is 0 Å². The van der Waals surface area contributed by atoms with Gasteiger partial charge in [-0.2, -0.15) is 5.10 Å². The van der Waals surface area contributed by atoms with Gasteiger partial charge in [-0.3, -0.25) is 5.10 Å². The van der Waals surface area contributed by atoms with Crippen molar-refractivity contribution in [1.82, 2.24) is 10.2 Å². The van der Waals surface area contributed by atoms with Crippen molar-refractivity contribution in [3.8, 4) is 11.1 Å². The van der Waals surface area contributed by atoms with Gasteiger partial charge in [0.25, 0.3) is 0 Å². The van der Waals surface area contributed by atoms with Crippen LogP contribution in [0.3, 0.4) is 0 Å². The Morgan fingerprint density at radius 2 is 2.16 bits per heavy atom. The molecule has 1 aromatic heterocycles. The van der Waals surface area contributed by atoms with Crippen molar-refractivity contribution in [1.29, 1.82) is 0 Å². The molecule has 1 aromatic carbocycles. The molecule has 1 unspecified atom stereocenters. The first-order valence-electron chi connectivity index (χ1n) is 6.92. The summed E-state index contributed by atoms with van der Waals surface area (Å²) in [5, 5.41) is 7.71. The highest BCUT2D eigenvalue weighted by Gasteiger charge is 2.25. The van der Waals surface area contributed by atoms with E-state index in [1.807, 2.05) is 6.07 Å². The van der Waals surface area contributed by atoms with Crippen molar-refractivity contribution in [3.63, 3.8) is 0 Å². The summed E-state index contributed by atoms with van der Waals surface area (Å²) >= 11 is 0. The molecule has 0 aliphatic carbocycles. The molecule has 1 saturated heterocycles. The first kappa shape index (κ1) is 12.2. The summed E-state index contributed by atoms with van der Waals surface area (Å²) in [6.07, 6.45) is 2.00. The summed E-state index contributed by atoms with van der Waals surface area (Å²) in [7, 11) is 0. The lowest BCUT2D eigenvalue weighted by molar-refractivity contribution is 0.751. The lowest BCUT2D eigenvalue weighted by Crippen LogP contribution is -2.26. The van der Waals surface area contributed by atoms with Crippen LogP contribution in [0.25, 0.3) is 11.1 Å². The molecule has 0 spiro atoms. The van der Waals surface area contributed by atoms with Crippen LogP contribution in [0.1, 0.15) is 19.0 Å². The summed E-state index contributed by atoms with van der Waals surface area (Å²) < 4.78 is 0. The first-order valence-corrected chi connectivity index (χ1v) is 6.92. The fraction of sp³-hybridized carbons (Fsp3) is 0.400. The number of nitrogens with zero attached hydrogens (tertiary/aromatic N) is 2. The van der Waals surface area contributed by atoms with Crippen molar-refractivity contribution in [2.24, 2.45) is 5.73 Å². The monoisotopic (exact) mass is 256 g/mol. The number of aromatic nitrogens is 2. The topological polar surface area (TPSA) is 57.9 Å². The standard InChI is InChI=1S/C15H20N4/c1-2-13-14(11-6-4-3-5-7-11)15(18-17-13)19-9-8-12(16)10-19/h3-7,12H,2,8-10,16H2,1H3,(H,17,18). The number of nitrogens with two attached hydrogens (primary N) is 1. The summed E-state index contributed by atoms with van der Waals surface area (Å²) in [5.41, 5.74) is 9.67. The number of hydrogen-bond acceptors (Lipinski definition) is 3. The molecular weight excluding hydrogens is 236 g/mol. The highest BCUT2D eigenvalue weighted by molar-refractivity contribution is 5.78. The average molecular weight is 256 g/mol. The van der Waals surface area contributed by atoms with Crippen LogP contribution in [-0.2, 0) is 6.42 Å². The predicted molar refractivity (Wildman–Crippen MR) is 78.2 cm³/mol. The molecule has 3 rings (SSSR count). The minimum atomic E-state index is 0.269. The molecule has 100 valence electrons. The Bertz CT molecular complexity index is 547. The lowest BCUT2D eigenvalue weighted by Gasteiger charge is -2.17. The third-order valence-electron chi connectivity index (χ3n) is 3.76. The Hall–Kier alpha value is -1.81. The number of anilines is 1. The fourth-order valence-corrected chi connectivity index (χ4v) is 2.74. The van der Waals surface area contributed by atoms with Crippen molar-refractivity contribution in [3.05, 3.63) is 36.0 Å². The van der Waals surface area contributed by atoms with Crippen LogP contribution in [0.4, 0.5) is 5.82 Å². The molecule has 1 aliphatic rings. The minimum absolute atomic E-state index is 0.269. The number of hydrogen-bond donors (Lipinski definition) is 2. The van der Waals surface area contributed by atoms with Crippen molar-refractivity contribution in [2.45, 2.75) is 25.8 Å². The van der Waals surface area contributed by atoms with Crippen molar-refractivity contribution >= 4 is 5.82 Å². The highest BCUT2D eigenvalue weighted by Crippen LogP contribution is 2.33. The quantitative estimate of drug-likeness (QED) is 0.885. The summed E-state index contributed by atoms with van der Waals surface area (Å²) in [4.78, 5) is 2.29. The molecule has 1 aliphatic heterocycles. The van der Waals surface area contributed by atoms with Gasteiger partial charge >= 0.3 is 0 Å². The molecular formula is C15H20N4. The van der Waals surface area contributed by atoms with E-state index in [0.29, 0.717) is 0 Å². The van der Waals surface area contributed by atoms with E-state index in [2.05, 4.69) is 46.3 Å². The van der Waals surface area contributed by atoms with Crippen LogP contribution in [-0.4, -0.2) is 29.3 Å². The van der Waals surface area contributed by atoms with Gasteiger partial charge in [0, 0.05) is 30.4 Å². The van der Waals surface area contributed by atoms with Crippen molar-refractivity contribution in [2.75, 3.05) is 18.0 Å². The van der Waals surface area contributed by atoms with Gasteiger partial charge in [0.2, 0.25) is 0 Å². The number of aromatic amines is 1. The molecule has 4 nitrogen and oxygen atoms in total. The molecule has 1 atom stereocenters. The summed E-state index contributed by atoms with van der Waals surface area (Å²) in [6, 6.07) is 10.7. The Kier molecular flexibility index (Phi) is 3.25. The third kappa shape index (κ3) is 2.24. The maximum atomic E-state index is 6.01. The molecule has 4 heteroatoms. The minimum Gasteiger partial charge on any atom is -0.353 e. The Labute approximate surface area is 113 Å². The largest absolute Gasteiger partial charge is 0.353 e. The lowest BCUT2D eigenvalue weighted by atomic mass is 10.0. The van der Waals surface area contributed by atoms with E-state index in [-0.39, 0.29) is 6.04 Å².